The summed E-state index contributed by atoms with van der Waals surface area (Å²) in [6.07, 6.45) is 0. The number of hydrogen-bond acceptors (Lipinski definition) is 6. The minimum Gasteiger partial charge on any atom is -0.464 e. The van der Waals surface area contributed by atoms with Gasteiger partial charge in [-0.1, -0.05) is 22.0 Å². The molecule has 0 bridgehead atoms. The molecule has 21 heavy (non-hydrogen) atoms. The fraction of sp³-hybridized carbons (Fsp3) is 0.357. The number of hydrogen-bond donors (Lipinski definition) is 1. The molecule has 0 saturated carbocycles. The molecule has 0 fully saturated rings. The molecule has 0 atom stereocenters. The van der Waals surface area contributed by atoms with E-state index in [1.807, 2.05) is 39.0 Å². The fourth-order valence-electron chi connectivity index (χ4n) is 1.60. The first-order valence-corrected chi connectivity index (χ1v) is 7.48. The number of aromatic nitrogens is 3. The largest absolute Gasteiger partial charge is 0.464 e. The Morgan fingerprint density at radius 1 is 1.14 bits per heavy atom. The number of anilines is 1. The van der Waals surface area contributed by atoms with Gasteiger partial charge < -0.3 is 14.8 Å². The summed E-state index contributed by atoms with van der Waals surface area (Å²) in [5.74, 6) is 1.11. The van der Waals surface area contributed by atoms with E-state index >= 15 is 0 Å². The highest BCUT2D eigenvalue weighted by Gasteiger charge is 2.10. The number of halogens is 1. The van der Waals surface area contributed by atoms with Gasteiger partial charge in [-0.2, -0.15) is 9.97 Å². The molecule has 112 valence electrons. The van der Waals surface area contributed by atoms with Gasteiger partial charge in [0, 0.05) is 11.0 Å². The van der Waals surface area contributed by atoms with E-state index in [9.17, 15) is 0 Å². The van der Waals surface area contributed by atoms with E-state index in [2.05, 4.69) is 36.2 Å². The summed E-state index contributed by atoms with van der Waals surface area (Å²) in [5.41, 5.74) is 0.988. The molecule has 0 radical (unpaired) electrons. The molecule has 0 amide bonds. The Hall–Kier alpha value is -1.89. The second-order valence-corrected chi connectivity index (χ2v) is 5.12. The minimum absolute atomic E-state index is 0.200. The highest BCUT2D eigenvalue weighted by Crippen LogP contribution is 2.27. The van der Waals surface area contributed by atoms with Crippen molar-refractivity contribution >= 4 is 21.9 Å². The number of aryl methyl sites for hydroxylation is 1. The third-order valence-electron chi connectivity index (χ3n) is 2.55. The molecule has 6 nitrogen and oxygen atoms in total. The molecule has 1 aromatic carbocycles. The summed E-state index contributed by atoms with van der Waals surface area (Å²) in [6, 6.07) is 6.21. The van der Waals surface area contributed by atoms with Gasteiger partial charge in [0.05, 0.1) is 6.61 Å². The number of nitrogens with one attached hydrogen (secondary N) is 1. The number of rotatable bonds is 6. The molecule has 2 rings (SSSR count). The molecule has 1 heterocycles. The molecule has 0 saturated heterocycles. The Morgan fingerprint density at radius 2 is 1.90 bits per heavy atom. The average molecular weight is 353 g/mol. The molecular formula is C14H17BrN4O2. The SMILES string of the molecule is CCNc1nc(OCC)nc(Oc2cc(Br)ccc2C)n1. The molecule has 2 aromatic rings. The molecule has 0 aliphatic carbocycles. The molecular weight excluding hydrogens is 336 g/mol. The summed E-state index contributed by atoms with van der Waals surface area (Å²) >= 11 is 3.42. The van der Waals surface area contributed by atoms with Gasteiger partial charge in [-0.05, 0) is 38.5 Å². The smallest absolute Gasteiger partial charge is 0.330 e. The van der Waals surface area contributed by atoms with Crippen LogP contribution < -0.4 is 14.8 Å². The van der Waals surface area contributed by atoms with Crippen LogP contribution in [-0.2, 0) is 0 Å². The Labute approximate surface area is 132 Å². The maximum atomic E-state index is 5.75. The van der Waals surface area contributed by atoms with Crippen molar-refractivity contribution in [2.45, 2.75) is 20.8 Å². The van der Waals surface area contributed by atoms with Crippen molar-refractivity contribution in [2.24, 2.45) is 0 Å². The first-order chi connectivity index (χ1) is 10.1. The van der Waals surface area contributed by atoms with Crippen LogP contribution in [0.4, 0.5) is 5.95 Å². The van der Waals surface area contributed by atoms with Crippen molar-refractivity contribution in [3.8, 4) is 17.8 Å². The van der Waals surface area contributed by atoms with Crippen molar-refractivity contribution in [1.29, 1.82) is 0 Å². The van der Waals surface area contributed by atoms with Crippen molar-refractivity contribution in [3.63, 3.8) is 0 Å². The van der Waals surface area contributed by atoms with E-state index in [1.54, 1.807) is 0 Å². The third-order valence-corrected chi connectivity index (χ3v) is 3.05. The van der Waals surface area contributed by atoms with Crippen LogP contribution in [0.15, 0.2) is 22.7 Å². The Bertz CT molecular complexity index is 598. The predicted octanol–water partition coefficient (Wildman–Crippen LogP) is 3.57. The first-order valence-electron chi connectivity index (χ1n) is 6.69. The second kappa shape index (κ2) is 7.21. The van der Waals surface area contributed by atoms with Crippen LogP contribution in [0.1, 0.15) is 19.4 Å². The van der Waals surface area contributed by atoms with E-state index < -0.39 is 0 Å². The van der Waals surface area contributed by atoms with Crippen LogP contribution in [0, 0.1) is 6.92 Å². The van der Waals surface area contributed by atoms with Crippen LogP contribution in [0.2, 0.25) is 0 Å². The van der Waals surface area contributed by atoms with Gasteiger partial charge in [-0.3, -0.25) is 0 Å². The Balaban J connectivity index is 2.31. The molecule has 0 aliphatic heterocycles. The molecule has 1 N–H and O–H groups in total. The van der Waals surface area contributed by atoms with Crippen molar-refractivity contribution < 1.29 is 9.47 Å². The van der Waals surface area contributed by atoms with E-state index in [1.165, 1.54) is 0 Å². The summed E-state index contributed by atoms with van der Waals surface area (Å²) in [6.45, 7) is 6.96. The normalized spacial score (nSPS) is 10.3. The van der Waals surface area contributed by atoms with E-state index in [0.717, 1.165) is 10.0 Å². The van der Waals surface area contributed by atoms with Gasteiger partial charge in [0.25, 0.3) is 0 Å². The summed E-state index contributed by atoms with van der Waals surface area (Å²) in [4.78, 5) is 12.5. The molecule has 0 spiro atoms. The Morgan fingerprint density at radius 3 is 2.62 bits per heavy atom. The van der Waals surface area contributed by atoms with Gasteiger partial charge in [0.1, 0.15) is 5.75 Å². The topological polar surface area (TPSA) is 69.2 Å². The van der Waals surface area contributed by atoms with Crippen LogP contribution in [0.5, 0.6) is 17.8 Å². The average Bonchev–Trinajstić information content (AvgIpc) is 2.43. The van der Waals surface area contributed by atoms with Crippen molar-refractivity contribution in [1.82, 2.24) is 15.0 Å². The summed E-state index contributed by atoms with van der Waals surface area (Å²) in [5, 5.41) is 3.03. The highest BCUT2D eigenvalue weighted by molar-refractivity contribution is 9.10. The molecule has 7 heteroatoms. The van der Waals surface area contributed by atoms with Gasteiger partial charge in [0.15, 0.2) is 0 Å². The predicted molar refractivity (Wildman–Crippen MR) is 84.1 cm³/mol. The maximum Gasteiger partial charge on any atom is 0.330 e. The quantitative estimate of drug-likeness (QED) is 0.856. The Kier molecular flexibility index (Phi) is 5.32. The van der Waals surface area contributed by atoms with Gasteiger partial charge in [-0.15, -0.1) is 4.98 Å². The van der Waals surface area contributed by atoms with Gasteiger partial charge >= 0.3 is 12.0 Å². The third kappa shape index (κ3) is 4.29. The maximum absolute atomic E-state index is 5.75. The van der Waals surface area contributed by atoms with Crippen LogP contribution in [0.3, 0.4) is 0 Å². The van der Waals surface area contributed by atoms with Crippen LogP contribution >= 0.6 is 15.9 Å². The van der Waals surface area contributed by atoms with Crippen LogP contribution in [0.25, 0.3) is 0 Å². The fourth-order valence-corrected chi connectivity index (χ4v) is 1.94. The monoisotopic (exact) mass is 352 g/mol. The van der Waals surface area contributed by atoms with Crippen molar-refractivity contribution in [2.75, 3.05) is 18.5 Å². The number of benzene rings is 1. The lowest BCUT2D eigenvalue weighted by Gasteiger charge is -2.10. The van der Waals surface area contributed by atoms with E-state index in [4.69, 9.17) is 9.47 Å². The van der Waals surface area contributed by atoms with E-state index in [-0.39, 0.29) is 12.0 Å². The summed E-state index contributed by atoms with van der Waals surface area (Å²) in [7, 11) is 0. The van der Waals surface area contributed by atoms with Crippen LogP contribution in [-0.4, -0.2) is 28.1 Å². The zero-order valence-electron chi connectivity index (χ0n) is 12.2. The zero-order chi connectivity index (χ0) is 15.2. The lowest BCUT2D eigenvalue weighted by Crippen LogP contribution is -2.07. The molecule has 1 aromatic heterocycles. The number of nitrogens with zero attached hydrogens (tertiary/aromatic N) is 3. The molecule has 0 aliphatic rings. The lowest BCUT2D eigenvalue weighted by atomic mass is 10.2. The second-order valence-electron chi connectivity index (χ2n) is 4.20. The summed E-state index contributed by atoms with van der Waals surface area (Å²) < 4.78 is 12.0. The highest BCUT2D eigenvalue weighted by atomic mass is 79.9. The molecule has 0 unspecified atom stereocenters. The van der Waals surface area contributed by atoms with Gasteiger partial charge in [-0.25, -0.2) is 0 Å². The first kappa shape index (κ1) is 15.5. The lowest BCUT2D eigenvalue weighted by molar-refractivity contribution is 0.303. The standard InChI is InChI=1S/C14H17BrN4O2/c1-4-16-12-17-13(20-5-2)19-14(18-12)21-11-8-10(15)7-6-9(11)3/h6-8H,4-5H2,1-3H3,(H,16,17,18,19). The van der Waals surface area contributed by atoms with E-state index in [0.29, 0.717) is 24.8 Å². The number of ether oxygens (including phenoxy) is 2. The zero-order valence-corrected chi connectivity index (χ0v) is 13.8. The van der Waals surface area contributed by atoms with Crippen molar-refractivity contribution in [3.05, 3.63) is 28.2 Å². The van der Waals surface area contributed by atoms with Gasteiger partial charge in [0.2, 0.25) is 5.95 Å². The minimum atomic E-state index is 0.200.